The van der Waals surface area contributed by atoms with Crippen molar-refractivity contribution in [3.8, 4) is 0 Å². The van der Waals surface area contributed by atoms with E-state index in [-0.39, 0.29) is 17.3 Å². The lowest BCUT2D eigenvalue weighted by atomic mass is 10.2. The Kier molecular flexibility index (Phi) is 7.55. The Labute approximate surface area is 153 Å². The van der Waals surface area contributed by atoms with Gasteiger partial charge in [-0.15, -0.1) is 0 Å². The van der Waals surface area contributed by atoms with E-state index >= 15 is 0 Å². The minimum absolute atomic E-state index is 0.139. The molecule has 1 aliphatic rings. The molecule has 0 bridgehead atoms. The molecule has 0 radical (unpaired) electrons. The van der Waals surface area contributed by atoms with Crippen molar-refractivity contribution < 1.29 is 22.7 Å². The molecule has 26 heavy (non-hydrogen) atoms. The first-order chi connectivity index (χ1) is 12.4. The zero-order chi connectivity index (χ0) is 19.0. The highest BCUT2D eigenvalue weighted by Crippen LogP contribution is 2.21. The summed E-state index contributed by atoms with van der Waals surface area (Å²) >= 11 is 0. The van der Waals surface area contributed by atoms with Crippen molar-refractivity contribution in [2.75, 3.05) is 39.9 Å². The monoisotopic (exact) mass is 383 g/mol. The van der Waals surface area contributed by atoms with E-state index in [9.17, 15) is 18.0 Å². The van der Waals surface area contributed by atoms with Gasteiger partial charge in [-0.2, -0.15) is 4.31 Å². The summed E-state index contributed by atoms with van der Waals surface area (Å²) in [5.41, 5.74) is 0.303. The number of methoxy groups -OCH3 is 1. The molecule has 1 aromatic rings. The number of sulfonamides is 1. The second-order valence-corrected chi connectivity index (χ2v) is 7.95. The third kappa shape index (κ3) is 5.52. The lowest BCUT2D eigenvalue weighted by Crippen LogP contribution is -2.37. The summed E-state index contributed by atoms with van der Waals surface area (Å²) in [7, 11) is -1.91. The number of ether oxygens (including phenoxy) is 1. The molecule has 1 aliphatic heterocycles. The second-order valence-electron chi connectivity index (χ2n) is 6.01. The van der Waals surface area contributed by atoms with E-state index in [1.54, 1.807) is 7.11 Å². The average molecular weight is 383 g/mol. The molecule has 144 valence electrons. The molecule has 1 fully saturated rings. The van der Waals surface area contributed by atoms with Gasteiger partial charge in [-0.25, -0.2) is 8.42 Å². The predicted molar refractivity (Wildman–Crippen MR) is 96.3 cm³/mol. The number of benzene rings is 1. The van der Waals surface area contributed by atoms with Crippen molar-refractivity contribution >= 4 is 21.8 Å². The molecule has 1 heterocycles. The van der Waals surface area contributed by atoms with Crippen LogP contribution >= 0.6 is 0 Å². The normalized spacial score (nSPS) is 15.0. The first-order valence-corrected chi connectivity index (χ1v) is 10.0. The van der Waals surface area contributed by atoms with Crippen LogP contribution < -0.4 is 10.6 Å². The molecule has 0 atom stereocenters. The van der Waals surface area contributed by atoms with Gasteiger partial charge < -0.3 is 15.4 Å². The van der Waals surface area contributed by atoms with E-state index in [4.69, 9.17) is 4.74 Å². The van der Waals surface area contributed by atoms with Gasteiger partial charge in [0, 0.05) is 38.9 Å². The zero-order valence-electron chi connectivity index (χ0n) is 14.9. The first kappa shape index (κ1) is 20.3. The summed E-state index contributed by atoms with van der Waals surface area (Å²) in [6.07, 6.45) is 2.43. The maximum atomic E-state index is 12.4. The van der Waals surface area contributed by atoms with Crippen molar-refractivity contribution in [3.05, 3.63) is 29.8 Å². The summed E-state index contributed by atoms with van der Waals surface area (Å²) in [4.78, 5) is 23.9. The van der Waals surface area contributed by atoms with Gasteiger partial charge in [0.25, 0.3) is 5.91 Å². The molecule has 9 heteroatoms. The van der Waals surface area contributed by atoms with E-state index in [1.807, 2.05) is 0 Å². The fourth-order valence-corrected chi connectivity index (χ4v) is 4.14. The fraction of sp³-hybridized carbons (Fsp3) is 0.529. The van der Waals surface area contributed by atoms with E-state index in [0.29, 0.717) is 38.2 Å². The molecule has 2 amide bonds. The molecule has 0 spiro atoms. The second kappa shape index (κ2) is 9.65. The number of hydrogen-bond donors (Lipinski definition) is 2. The number of carbonyl (C=O) groups excluding carboxylic acids is 2. The molecular weight excluding hydrogens is 358 g/mol. The van der Waals surface area contributed by atoms with Crippen LogP contribution in [0.5, 0.6) is 0 Å². The van der Waals surface area contributed by atoms with Crippen LogP contribution in [0.3, 0.4) is 0 Å². The van der Waals surface area contributed by atoms with E-state index in [2.05, 4.69) is 10.6 Å². The molecule has 0 aromatic heterocycles. The molecule has 2 N–H and O–H groups in total. The van der Waals surface area contributed by atoms with Crippen LogP contribution in [0.2, 0.25) is 0 Å². The van der Waals surface area contributed by atoms with Gasteiger partial charge in [0.1, 0.15) is 0 Å². The molecule has 0 aliphatic carbocycles. The van der Waals surface area contributed by atoms with Crippen LogP contribution in [0.25, 0.3) is 0 Å². The van der Waals surface area contributed by atoms with E-state index in [0.717, 1.165) is 12.8 Å². The van der Waals surface area contributed by atoms with Crippen LogP contribution in [-0.2, 0) is 19.6 Å². The van der Waals surface area contributed by atoms with Crippen molar-refractivity contribution in [1.82, 2.24) is 14.9 Å². The maximum absolute atomic E-state index is 12.4. The summed E-state index contributed by atoms with van der Waals surface area (Å²) < 4.78 is 31.2. The highest BCUT2D eigenvalue weighted by molar-refractivity contribution is 7.89. The van der Waals surface area contributed by atoms with Crippen molar-refractivity contribution in [2.24, 2.45) is 0 Å². The van der Waals surface area contributed by atoms with E-state index in [1.165, 1.54) is 28.6 Å². The summed E-state index contributed by atoms with van der Waals surface area (Å²) in [6, 6.07) is 5.75. The zero-order valence-corrected chi connectivity index (χ0v) is 15.7. The molecule has 0 unspecified atom stereocenters. The molecule has 0 saturated carbocycles. The summed E-state index contributed by atoms with van der Waals surface area (Å²) in [6.45, 7) is 1.96. The molecule has 2 rings (SSSR count). The number of rotatable bonds is 9. The Morgan fingerprint density at radius 2 is 1.77 bits per heavy atom. The number of nitrogens with one attached hydrogen (secondary N) is 2. The number of hydrogen-bond acceptors (Lipinski definition) is 5. The van der Waals surface area contributed by atoms with Crippen LogP contribution in [0.1, 0.15) is 29.6 Å². The van der Waals surface area contributed by atoms with Crippen molar-refractivity contribution in [2.45, 2.75) is 24.2 Å². The number of nitrogens with zero attached hydrogens (tertiary/aromatic N) is 1. The van der Waals surface area contributed by atoms with Gasteiger partial charge in [0.2, 0.25) is 15.9 Å². The molecule has 8 nitrogen and oxygen atoms in total. The van der Waals surface area contributed by atoms with Gasteiger partial charge in [-0.1, -0.05) is 0 Å². The highest BCUT2D eigenvalue weighted by atomic mass is 32.2. The smallest absolute Gasteiger partial charge is 0.251 e. The molecule has 1 saturated heterocycles. The van der Waals surface area contributed by atoms with Crippen LogP contribution in [0, 0.1) is 0 Å². The lowest BCUT2D eigenvalue weighted by Gasteiger charge is -2.15. The van der Waals surface area contributed by atoms with Gasteiger partial charge >= 0.3 is 0 Å². The minimum atomic E-state index is -3.49. The van der Waals surface area contributed by atoms with Crippen LogP contribution in [0.15, 0.2) is 29.2 Å². The highest BCUT2D eigenvalue weighted by Gasteiger charge is 2.27. The molecular formula is C17H25N3O5S. The predicted octanol–water partition coefficient (Wildman–Crippen LogP) is 0.354. The van der Waals surface area contributed by atoms with E-state index < -0.39 is 15.9 Å². The first-order valence-electron chi connectivity index (χ1n) is 8.59. The standard InChI is InChI=1S/C17H25N3O5S/c1-25-12-4-9-18-16(21)13-19-17(22)14-5-7-15(8-6-14)26(23,24)20-10-2-3-11-20/h5-8H,2-4,9-13H2,1H3,(H,18,21)(H,19,22). The summed E-state index contributed by atoms with van der Waals surface area (Å²) in [5.74, 6) is -0.718. The van der Waals surface area contributed by atoms with Gasteiger partial charge in [0.05, 0.1) is 11.4 Å². The third-order valence-corrected chi connectivity index (χ3v) is 5.99. The lowest BCUT2D eigenvalue weighted by molar-refractivity contribution is -0.120. The van der Waals surface area contributed by atoms with Gasteiger partial charge in [0.15, 0.2) is 0 Å². The largest absolute Gasteiger partial charge is 0.385 e. The van der Waals surface area contributed by atoms with Crippen molar-refractivity contribution in [1.29, 1.82) is 0 Å². The maximum Gasteiger partial charge on any atom is 0.251 e. The fourth-order valence-electron chi connectivity index (χ4n) is 2.63. The quantitative estimate of drug-likeness (QED) is 0.599. The Bertz CT molecular complexity index is 712. The Balaban J connectivity index is 1.85. The minimum Gasteiger partial charge on any atom is -0.385 e. The van der Waals surface area contributed by atoms with Gasteiger partial charge in [-0.05, 0) is 43.5 Å². The summed E-state index contributed by atoms with van der Waals surface area (Å²) in [5, 5.41) is 5.18. The van der Waals surface area contributed by atoms with Crippen LogP contribution in [0.4, 0.5) is 0 Å². The van der Waals surface area contributed by atoms with Gasteiger partial charge in [-0.3, -0.25) is 9.59 Å². The number of carbonyl (C=O) groups is 2. The SMILES string of the molecule is COCCCNC(=O)CNC(=O)c1ccc(S(=O)(=O)N2CCCC2)cc1. The Morgan fingerprint density at radius 1 is 1.12 bits per heavy atom. The Morgan fingerprint density at radius 3 is 2.38 bits per heavy atom. The van der Waals surface area contributed by atoms with Crippen LogP contribution in [-0.4, -0.2) is 64.4 Å². The number of amides is 2. The van der Waals surface area contributed by atoms with Crippen molar-refractivity contribution in [3.63, 3.8) is 0 Å². The average Bonchev–Trinajstić information content (AvgIpc) is 3.19. The third-order valence-electron chi connectivity index (χ3n) is 4.08. The Hall–Kier alpha value is -1.97. The topological polar surface area (TPSA) is 105 Å². The molecule has 1 aromatic carbocycles.